The van der Waals surface area contributed by atoms with E-state index >= 15 is 0 Å². The fraction of sp³-hybridized carbons (Fsp3) is 0.211. The molecule has 0 saturated carbocycles. The largest absolute Gasteiger partial charge is 0.348 e. The number of H-pyrrole nitrogens is 1. The molecule has 0 aliphatic rings. The minimum atomic E-state index is -0.370. The van der Waals surface area contributed by atoms with Crippen molar-refractivity contribution in [2.75, 3.05) is 0 Å². The molecule has 0 atom stereocenters. The first-order valence-electron chi connectivity index (χ1n) is 7.89. The standard InChI is InChI=1S/C19H18FN3O2/c1-10-6-11(2)22-19(25)16(10)9-21-18(24)15-7-13-4-5-14(20)8-17(13)23-12(15)3/h4-8H,9H2,1-3H3,(H,21,24)(H,22,25). The normalized spacial score (nSPS) is 10.9. The highest BCUT2D eigenvalue weighted by atomic mass is 19.1. The van der Waals surface area contributed by atoms with Gasteiger partial charge in [0.15, 0.2) is 0 Å². The van der Waals surface area contributed by atoms with Gasteiger partial charge < -0.3 is 10.3 Å². The van der Waals surface area contributed by atoms with Crippen molar-refractivity contribution in [3.05, 3.63) is 74.6 Å². The molecule has 2 aromatic heterocycles. The van der Waals surface area contributed by atoms with Gasteiger partial charge in [0.05, 0.1) is 16.8 Å². The van der Waals surface area contributed by atoms with Crippen molar-refractivity contribution >= 4 is 16.8 Å². The van der Waals surface area contributed by atoms with Gasteiger partial charge in [-0.25, -0.2) is 4.39 Å². The summed E-state index contributed by atoms with van der Waals surface area (Å²) in [5, 5.41) is 3.44. The maximum Gasteiger partial charge on any atom is 0.253 e. The lowest BCUT2D eigenvalue weighted by Gasteiger charge is -2.10. The van der Waals surface area contributed by atoms with Crippen molar-refractivity contribution in [2.24, 2.45) is 0 Å². The van der Waals surface area contributed by atoms with E-state index in [9.17, 15) is 14.0 Å². The van der Waals surface area contributed by atoms with E-state index in [2.05, 4.69) is 15.3 Å². The molecule has 0 saturated heterocycles. The highest BCUT2D eigenvalue weighted by Crippen LogP contribution is 2.18. The first-order valence-corrected chi connectivity index (χ1v) is 7.89. The van der Waals surface area contributed by atoms with Crippen LogP contribution in [0.2, 0.25) is 0 Å². The molecule has 0 unspecified atom stereocenters. The van der Waals surface area contributed by atoms with E-state index in [1.807, 2.05) is 19.9 Å². The molecule has 2 heterocycles. The Hall–Kier alpha value is -3.02. The van der Waals surface area contributed by atoms with E-state index in [-0.39, 0.29) is 23.8 Å². The van der Waals surface area contributed by atoms with Gasteiger partial charge >= 0.3 is 0 Å². The van der Waals surface area contributed by atoms with Crippen molar-refractivity contribution in [1.82, 2.24) is 15.3 Å². The topological polar surface area (TPSA) is 74.8 Å². The van der Waals surface area contributed by atoms with E-state index in [0.29, 0.717) is 27.7 Å². The second kappa shape index (κ2) is 6.47. The summed E-state index contributed by atoms with van der Waals surface area (Å²) < 4.78 is 13.3. The fourth-order valence-corrected chi connectivity index (χ4v) is 2.83. The maximum absolute atomic E-state index is 13.3. The van der Waals surface area contributed by atoms with Gasteiger partial charge in [0, 0.05) is 29.3 Å². The van der Waals surface area contributed by atoms with Crippen molar-refractivity contribution in [1.29, 1.82) is 0 Å². The number of pyridine rings is 2. The Morgan fingerprint density at radius 2 is 1.96 bits per heavy atom. The third kappa shape index (κ3) is 3.42. The zero-order chi connectivity index (χ0) is 18.1. The molecule has 128 valence electrons. The van der Waals surface area contributed by atoms with Gasteiger partial charge in [0.1, 0.15) is 5.82 Å². The number of aromatic amines is 1. The van der Waals surface area contributed by atoms with Crippen LogP contribution in [0.1, 0.15) is 32.9 Å². The Bertz CT molecular complexity index is 1040. The molecule has 0 aliphatic heterocycles. The molecular formula is C19H18FN3O2. The molecule has 2 N–H and O–H groups in total. The first-order chi connectivity index (χ1) is 11.8. The van der Waals surface area contributed by atoms with Crippen LogP contribution in [-0.4, -0.2) is 15.9 Å². The van der Waals surface area contributed by atoms with Crippen LogP contribution < -0.4 is 10.9 Å². The lowest BCUT2D eigenvalue weighted by atomic mass is 10.1. The van der Waals surface area contributed by atoms with E-state index < -0.39 is 0 Å². The average Bonchev–Trinajstić information content (AvgIpc) is 2.52. The SMILES string of the molecule is Cc1cc(C)c(CNC(=O)c2cc3ccc(F)cc3nc2C)c(=O)[nH]1. The highest BCUT2D eigenvalue weighted by molar-refractivity contribution is 5.98. The molecule has 0 aliphatic carbocycles. The van der Waals surface area contributed by atoms with Gasteiger partial charge in [0.25, 0.3) is 11.5 Å². The average molecular weight is 339 g/mol. The van der Waals surface area contributed by atoms with Crippen molar-refractivity contribution < 1.29 is 9.18 Å². The number of aromatic nitrogens is 2. The monoisotopic (exact) mass is 339 g/mol. The number of nitrogens with one attached hydrogen (secondary N) is 2. The third-order valence-electron chi connectivity index (χ3n) is 4.13. The summed E-state index contributed by atoms with van der Waals surface area (Å²) >= 11 is 0. The molecule has 3 aromatic rings. The Balaban J connectivity index is 1.87. The summed E-state index contributed by atoms with van der Waals surface area (Å²) in [6, 6.07) is 7.79. The molecule has 0 spiro atoms. The molecule has 3 rings (SSSR count). The maximum atomic E-state index is 13.3. The van der Waals surface area contributed by atoms with Gasteiger partial charge in [-0.1, -0.05) is 0 Å². The smallest absolute Gasteiger partial charge is 0.253 e. The van der Waals surface area contributed by atoms with Crippen LogP contribution in [0.5, 0.6) is 0 Å². The van der Waals surface area contributed by atoms with E-state index in [0.717, 1.165) is 11.3 Å². The quantitative estimate of drug-likeness (QED) is 0.770. The summed E-state index contributed by atoms with van der Waals surface area (Å²) in [6.07, 6.45) is 0. The minimum absolute atomic E-state index is 0.126. The fourth-order valence-electron chi connectivity index (χ4n) is 2.83. The Labute approximate surface area is 143 Å². The molecule has 0 radical (unpaired) electrons. The summed E-state index contributed by atoms with van der Waals surface area (Å²) in [5.41, 5.74) is 3.32. The van der Waals surface area contributed by atoms with Crippen LogP contribution in [0.3, 0.4) is 0 Å². The number of amides is 1. The van der Waals surface area contributed by atoms with Gasteiger partial charge in [0.2, 0.25) is 0 Å². The molecule has 0 fully saturated rings. The summed E-state index contributed by atoms with van der Waals surface area (Å²) in [7, 11) is 0. The molecular weight excluding hydrogens is 321 g/mol. The molecule has 1 aromatic carbocycles. The first kappa shape index (κ1) is 16.8. The van der Waals surface area contributed by atoms with Crippen molar-refractivity contribution in [3.63, 3.8) is 0 Å². The van der Waals surface area contributed by atoms with Crippen LogP contribution in [0, 0.1) is 26.6 Å². The van der Waals surface area contributed by atoms with E-state index in [1.165, 1.54) is 12.1 Å². The molecule has 0 bridgehead atoms. The Kier molecular flexibility index (Phi) is 4.35. The van der Waals surface area contributed by atoms with Gasteiger partial charge in [-0.2, -0.15) is 0 Å². The number of hydrogen-bond donors (Lipinski definition) is 2. The van der Waals surface area contributed by atoms with E-state index in [4.69, 9.17) is 0 Å². The van der Waals surface area contributed by atoms with Crippen LogP contribution in [0.25, 0.3) is 10.9 Å². The number of hydrogen-bond acceptors (Lipinski definition) is 3. The second-order valence-electron chi connectivity index (χ2n) is 6.08. The van der Waals surface area contributed by atoms with Gasteiger partial charge in [-0.3, -0.25) is 14.6 Å². The van der Waals surface area contributed by atoms with Crippen molar-refractivity contribution in [3.8, 4) is 0 Å². The summed E-state index contributed by atoms with van der Waals surface area (Å²) in [5.74, 6) is -0.693. The molecule has 25 heavy (non-hydrogen) atoms. The van der Waals surface area contributed by atoms with Crippen LogP contribution in [0.15, 0.2) is 35.1 Å². The Morgan fingerprint density at radius 3 is 2.68 bits per heavy atom. The van der Waals surface area contributed by atoms with Crippen molar-refractivity contribution in [2.45, 2.75) is 27.3 Å². The zero-order valence-electron chi connectivity index (χ0n) is 14.2. The van der Waals surface area contributed by atoms with Gasteiger partial charge in [-0.05, 0) is 50.6 Å². The number of benzene rings is 1. The number of fused-ring (bicyclic) bond motifs is 1. The van der Waals surface area contributed by atoms with Gasteiger partial charge in [-0.15, -0.1) is 0 Å². The lowest BCUT2D eigenvalue weighted by molar-refractivity contribution is 0.0950. The van der Waals surface area contributed by atoms with E-state index in [1.54, 1.807) is 19.1 Å². The number of halogens is 1. The van der Waals surface area contributed by atoms with Crippen LogP contribution >= 0.6 is 0 Å². The minimum Gasteiger partial charge on any atom is -0.348 e. The summed E-state index contributed by atoms with van der Waals surface area (Å²) in [6.45, 7) is 5.47. The predicted octanol–water partition coefficient (Wildman–Crippen LogP) is 2.92. The predicted molar refractivity (Wildman–Crippen MR) is 94.1 cm³/mol. The zero-order valence-corrected chi connectivity index (χ0v) is 14.2. The van der Waals surface area contributed by atoms with Crippen LogP contribution in [-0.2, 0) is 6.54 Å². The molecule has 5 nitrogen and oxygen atoms in total. The van der Waals surface area contributed by atoms with Crippen LogP contribution in [0.4, 0.5) is 4.39 Å². The number of carbonyl (C=O) groups excluding carboxylic acids is 1. The Morgan fingerprint density at radius 1 is 1.20 bits per heavy atom. The highest BCUT2D eigenvalue weighted by Gasteiger charge is 2.13. The second-order valence-corrected chi connectivity index (χ2v) is 6.08. The number of carbonyl (C=O) groups is 1. The third-order valence-corrected chi connectivity index (χ3v) is 4.13. The molecule has 1 amide bonds. The number of rotatable bonds is 3. The number of aryl methyl sites for hydroxylation is 3. The molecule has 6 heteroatoms. The summed E-state index contributed by atoms with van der Waals surface area (Å²) in [4.78, 5) is 31.6. The lowest BCUT2D eigenvalue weighted by Crippen LogP contribution is -2.28. The number of nitrogens with zero attached hydrogens (tertiary/aromatic N) is 1.